The molecule has 0 radical (unpaired) electrons. The summed E-state index contributed by atoms with van der Waals surface area (Å²) in [7, 11) is -3.57. The molecule has 0 aliphatic heterocycles. The van der Waals surface area contributed by atoms with E-state index in [-0.39, 0.29) is 23.1 Å². The van der Waals surface area contributed by atoms with Crippen molar-refractivity contribution in [2.45, 2.75) is 62.6 Å². The van der Waals surface area contributed by atoms with Gasteiger partial charge < -0.3 is 10.5 Å². The van der Waals surface area contributed by atoms with Crippen molar-refractivity contribution in [3.63, 3.8) is 0 Å². The molecule has 0 saturated heterocycles. The van der Waals surface area contributed by atoms with E-state index in [9.17, 15) is 8.42 Å². The van der Waals surface area contributed by atoms with E-state index < -0.39 is 10.0 Å². The number of sulfonamides is 1. The monoisotopic (exact) mass is 312 g/mol. The minimum absolute atomic E-state index is 0.0347. The van der Waals surface area contributed by atoms with Crippen molar-refractivity contribution in [3.05, 3.63) is 24.3 Å². The zero-order valence-corrected chi connectivity index (χ0v) is 13.4. The van der Waals surface area contributed by atoms with E-state index >= 15 is 0 Å². The highest BCUT2D eigenvalue weighted by Crippen LogP contribution is 2.28. The topological polar surface area (TPSA) is 81.4 Å². The molecule has 0 spiro atoms. The average molecular weight is 312 g/mol. The Morgan fingerprint density at radius 1 is 1.24 bits per heavy atom. The Hall–Kier alpha value is -1.11. The maximum absolute atomic E-state index is 12.4. The van der Waals surface area contributed by atoms with Crippen molar-refractivity contribution in [1.82, 2.24) is 4.72 Å². The highest BCUT2D eigenvalue weighted by molar-refractivity contribution is 7.89. The molecule has 0 aromatic heterocycles. The summed E-state index contributed by atoms with van der Waals surface area (Å²) in [6.07, 6.45) is 3.85. The molecule has 2 atom stereocenters. The first-order valence-corrected chi connectivity index (χ1v) is 8.92. The SMILES string of the molecule is CC(C)NS(=O)(=O)c1ccccc1OC1CCCCC1N. The van der Waals surface area contributed by atoms with Gasteiger partial charge in [0.05, 0.1) is 0 Å². The Morgan fingerprint density at radius 2 is 1.90 bits per heavy atom. The van der Waals surface area contributed by atoms with Crippen LogP contribution < -0.4 is 15.2 Å². The van der Waals surface area contributed by atoms with Crippen molar-refractivity contribution >= 4 is 10.0 Å². The summed E-state index contributed by atoms with van der Waals surface area (Å²) in [5, 5.41) is 0. The van der Waals surface area contributed by atoms with Crippen LogP contribution in [0.2, 0.25) is 0 Å². The lowest BCUT2D eigenvalue weighted by molar-refractivity contribution is 0.128. The first-order valence-electron chi connectivity index (χ1n) is 7.44. The number of nitrogens with one attached hydrogen (secondary N) is 1. The van der Waals surface area contributed by atoms with Crippen LogP contribution in [-0.4, -0.2) is 26.6 Å². The molecule has 0 bridgehead atoms. The third kappa shape index (κ3) is 4.18. The van der Waals surface area contributed by atoms with Crippen molar-refractivity contribution in [1.29, 1.82) is 0 Å². The van der Waals surface area contributed by atoms with Crippen molar-refractivity contribution in [2.75, 3.05) is 0 Å². The largest absolute Gasteiger partial charge is 0.487 e. The molecule has 1 aliphatic carbocycles. The van der Waals surface area contributed by atoms with E-state index in [1.54, 1.807) is 38.1 Å². The highest BCUT2D eigenvalue weighted by atomic mass is 32.2. The maximum Gasteiger partial charge on any atom is 0.244 e. The van der Waals surface area contributed by atoms with Gasteiger partial charge in [-0.15, -0.1) is 0 Å². The minimum Gasteiger partial charge on any atom is -0.487 e. The lowest BCUT2D eigenvalue weighted by Gasteiger charge is -2.29. The Kier molecular flexibility index (Phi) is 5.24. The molecule has 2 unspecified atom stereocenters. The number of ether oxygens (including phenoxy) is 1. The van der Waals surface area contributed by atoms with Gasteiger partial charge in [-0.3, -0.25) is 0 Å². The zero-order valence-electron chi connectivity index (χ0n) is 12.6. The van der Waals surface area contributed by atoms with Gasteiger partial charge in [0.15, 0.2) is 0 Å². The van der Waals surface area contributed by atoms with E-state index in [1.165, 1.54) is 0 Å². The fourth-order valence-electron chi connectivity index (χ4n) is 2.58. The summed E-state index contributed by atoms with van der Waals surface area (Å²) >= 11 is 0. The first kappa shape index (κ1) is 16.3. The number of para-hydroxylation sites is 1. The molecule has 1 aromatic rings. The fourth-order valence-corrected chi connectivity index (χ4v) is 3.96. The van der Waals surface area contributed by atoms with Crippen LogP contribution >= 0.6 is 0 Å². The third-order valence-electron chi connectivity index (χ3n) is 3.56. The van der Waals surface area contributed by atoms with Crippen LogP contribution in [0.4, 0.5) is 0 Å². The van der Waals surface area contributed by atoms with Crippen LogP contribution in [0.25, 0.3) is 0 Å². The minimum atomic E-state index is -3.57. The van der Waals surface area contributed by atoms with E-state index in [1.807, 2.05) is 0 Å². The molecular weight excluding hydrogens is 288 g/mol. The molecule has 1 aromatic carbocycles. The van der Waals surface area contributed by atoms with Crippen LogP contribution in [0.1, 0.15) is 39.5 Å². The summed E-state index contributed by atoms with van der Waals surface area (Å²) in [6.45, 7) is 3.58. The first-order chi connectivity index (χ1) is 9.90. The summed E-state index contributed by atoms with van der Waals surface area (Å²) in [5.74, 6) is 0.382. The summed E-state index contributed by atoms with van der Waals surface area (Å²) in [4.78, 5) is 0.177. The Balaban J connectivity index is 2.24. The van der Waals surface area contributed by atoms with Gasteiger partial charge in [0.1, 0.15) is 16.7 Å². The molecule has 118 valence electrons. The lowest BCUT2D eigenvalue weighted by Crippen LogP contribution is -2.41. The molecular formula is C15H24N2O3S. The normalized spacial score (nSPS) is 23.2. The molecule has 3 N–H and O–H groups in total. The van der Waals surface area contributed by atoms with Gasteiger partial charge in [-0.1, -0.05) is 18.6 Å². The second kappa shape index (κ2) is 6.77. The molecule has 0 heterocycles. The molecule has 6 heteroatoms. The summed E-state index contributed by atoms with van der Waals surface area (Å²) in [6, 6.07) is 6.53. The predicted octanol–water partition coefficient (Wildman–Crippen LogP) is 2.02. The number of hydrogen-bond acceptors (Lipinski definition) is 4. The smallest absolute Gasteiger partial charge is 0.244 e. The van der Waals surface area contributed by atoms with Crippen LogP contribution in [0, 0.1) is 0 Å². The number of rotatable bonds is 5. The summed E-state index contributed by atoms with van der Waals surface area (Å²) in [5.41, 5.74) is 6.08. The Labute approximate surface area is 126 Å². The number of hydrogen-bond donors (Lipinski definition) is 2. The highest BCUT2D eigenvalue weighted by Gasteiger charge is 2.26. The van der Waals surface area contributed by atoms with Crippen molar-refractivity contribution < 1.29 is 13.2 Å². The number of nitrogens with two attached hydrogens (primary N) is 1. The molecule has 21 heavy (non-hydrogen) atoms. The quantitative estimate of drug-likeness (QED) is 0.871. The van der Waals surface area contributed by atoms with Crippen molar-refractivity contribution in [2.24, 2.45) is 5.73 Å². The molecule has 1 saturated carbocycles. The van der Waals surface area contributed by atoms with Gasteiger partial charge in [0.25, 0.3) is 0 Å². The second-order valence-corrected chi connectivity index (χ2v) is 7.51. The molecule has 2 rings (SSSR count). The van der Waals surface area contributed by atoms with E-state index in [0.29, 0.717) is 5.75 Å². The molecule has 5 nitrogen and oxygen atoms in total. The second-order valence-electron chi connectivity index (χ2n) is 5.83. The maximum atomic E-state index is 12.4. The lowest BCUT2D eigenvalue weighted by atomic mass is 9.93. The van der Waals surface area contributed by atoms with E-state index in [2.05, 4.69) is 4.72 Å². The van der Waals surface area contributed by atoms with Crippen molar-refractivity contribution in [3.8, 4) is 5.75 Å². The fraction of sp³-hybridized carbons (Fsp3) is 0.600. The van der Waals surface area contributed by atoms with E-state index in [4.69, 9.17) is 10.5 Å². The van der Waals surface area contributed by atoms with Gasteiger partial charge in [0, 0.05) is 12.1 Å². The number of benzene rings is 1. The van der Waals surface area contributed by atoms with Gasteiger partial charge in [0.2, 0.25) is 10.0 Å². The van der Waals surface area contributed by atoms with Crippen LogP contribution in [0.5, 0.6) is 5.75 Å². The molecule has 1 aliphatic rings. The van der Waals surface area contributed by atoms with Gasteiger partial charge >= 0.3 is 0 Å². The van der Waals surface area contributed by atoms with Crippen LogP contribution in [0.15, 0.2) is 29.2 Å². The van der Waals surface area contributed by atoms with Gasteiger partial charge in [-0.05, 0) is 45.2 Å². The van der Waals surface area contributed by atoms with Gasteiger partial charge in [-0.25, -0.2) is 13.1 Å². The molecule has 1 fully saturated rings. The standard InChI is InChI=1S/C15H24N2O3S/c1-11(2)17-21(18,19)15-10-6-5-9-14(15)20-13-8-4-3-7-12(13)16/h5-6,9-13,17H,3-4,7-8,16H2,1-2H3. The van der Waals surface area contributed by atoms with E-state index in [0.717, 1.165) is 25.7 Å². The Morgan fingerprint density at radius 3 is 2.57 bits per heavy atom. The summed E-state index contributed by atoms with van der Waals surface area (Å²) < 4.78 is 33.2. The van der Waals surface area contributed by atoms with Gasteiger partial charge in [-0.2, -0.15) is 0 Å². The van der Waals surface area contributed by atoms with Crippen LogP contribution in [0.3, 0.4) is 0 Å². The Bertz CT molecular complexity index is 572. The third-order valence-corrected chi connectivity index (χ3v) is 5.26. The average Bonchev–Trinajstić information content (AvgIpc) is 2.40. The van der Waals surface area contributed by atoms with Crippen LogP contribution in [-0.2, 0) is 10.0 Å². The zero-order chi connectivity index (χ0) is 15.5. The predicted molar refractivity (Wildman–Crippen MR) is 82.8 cm³/mol. The molecule has 0 amide bonds.